The van der Waals surface area contributed by atoms with Crippen LogP contribution in [-0.2, 0) is 7.05 Å². The number of hydrogen-bond donors (Lipinski definition) is 2. The zero-order valence-electron chi connectivity index (χ0n) is 8.74. The third kappa shape index (κ3) is 1.30. The van der Waals surface area contributed by atoms with Crippen molar-refractivity contribution < 1.29 is 4.79 Å². The van der Waals surface area contributed by atoms with Crippen molar-refractivity contribution in [2.75, 3.05) is 0 Å². The van der Waals surface area contributed by atoms with Gasteiger partial charge in [0, 0.05) is 18.0 Å². The molecule has 1 amide bonds. The van der Waals surface area contributed by atoms with Gasteiger partial charge in [0.15, 0.2) is 0 Å². The van der Waals surface area contributed by atoms with Crippen molar-refractivity contribution >= 4 is 16.8 Å². The van der Waals surface area contributed by atoms with Crippen molar-refractivity contribution in [2.45, 2.75) is 6.92 Å². The number of nitrogen functional groups attached to an aromatic ring is 1. The lowest BCUT2D eigenvalue weighted by atomic mass is 10.1. The molecule has 1 aromatic heterocycles. The molecule has 0 atom stereocenters. The topological polar surface area (TPSA) is 60.1 Å². The average molecular weight is 203 g/mol. The molecule has 2 aromatic rings. The Morgan fingerprint density at radius 2 is 2.07 bits per heavy atom. The van der Waals surface area contributed by atoms with E-state index in [9.17, 15) is 4.79 Å². The first-order valence-electron chi connectivity index (χ1n) is 4.71. The molecule has 0 unspecified atom stereocenters. The van der Waals surface area contributed by atoms with Crippen LogP contribution in [-0.4, -0.2) is 10.5 Å². The van der Waals surface area contributed by atoms with Crippen molar-refractivity contribution in [3.05, 3.63) is 35.5 Å². The molecule has 0 radical (unpaired) electrons. The van der Waals surface area contributed by atoms with E-state index in [4.69, 9.17) is 5.84 Å². The van der Waals surface area contributed by atoms with Gasteiger partial charge in [0.2, 0.25) is 0 Å². The Labute approximate surface area is 87.6 Å². The molecular formula is C11H13N3O. The number of hydrazine groups is 1. The van der Waals surface area contributed by atoms with Gasteiger partial charge in [-0.2, -0.15) is 0 Å². The van der Waals surface area contributed by atoms with Crippen molar-refractivity contribution in [2.24, 2.45) is 12.9 Å². The molecule has 3 N–H and O–H groups in total. The summed E-state index contributed by atoms with van der Waals surface area (Å²) in [7, 11) is 1.86. The van der Waals surface area contributed by atoms with Gasteiger partial charge in [-0.1, -0.05) is 18.2 Å². The summed E-state index contributed by atoms with van der Waals surface area (Å²) in [5.74, 6) is 4.89. The van der Waals surface area contributed by atoms with Gasteiger partial charge in [0.05, 0.1) is 0 Å². The molecule has 1 aromatic carbocycles. The summed E-state index contributed by atoms with van der Waals surface area (Å²) in [5, 5.41) is 1.08. The fraction of sp³-hybridized carbons (Fsp3) is 0.182. The highest BCUT2D eigenvalue weighted by Gasteiger charge is 2.16. The first kappa shape index (κ1) is 9.73. The molecule has 78 valence electrons. The standard InChI is InChI=1S/C11H13N3O/c1-7-8-5-3-4-6-9(8)14(2)10(7)11(15)13-12/h3-6H,12H2,1-2H3,(H,13,15). The number of para-hydroxylation sites is 1. The summed E-state index contributed by atoms with van der Waals surface area (Å²) in [6.07, 6.45) is 0. The first-order valence-corrected chi connectivity index (χ1v) is 4.71. The zero-order chi connectivity index (χ0) is 11.0. The Hall–Kier alpha value is -1.81. The van der Waals surface area contributed by atoms with Crippen molar-refractivity contribution in [1.29, 1.82) is 0 Å². The van der Waals surface area contributed by atoms with Crippen LogP contribution in [0.15, 0.2) is 24.3 Å². The Bertz CT molecular complexity index is 489. The third-order valence-electron chi connectivity index (χ3n) is 2.71. The van der Waals surface area contributed by atoms with Gasteiger partial charge < -0.3 is 4.57 Å². The number of aromatic nitrogens is 1. The van der Waals surface area contributed by atoms with Crippen LogP contribution in [0.2, 0.25) is 0 Å². The molecule has 0 aliphatic rings. The zero-order valence-corrected chi connectivity index (χ0v) is 8.74. The number of amides is 1. The lowest BCUT2D eigenvalue weighted by molar-refractivity contribution is 0.0945. The number of aryl methyl sites for hydroxylation is 2. The van der Waals surface area contributed by atoms with E-state index < -0.39 is 0 Å². The number of fused-ring (bicyclic) bond motifs is 1. The largest absolute Gasteiger partial charge is 0.339 e. The van der Waals surface area contributed by atoms with Crippen molar-refractivity contribution in [3.63, 3.8) is 0 Å². The normalized spacial score (nSPS) is 10.6. The van der Waals surface area contributed by atoms with Crippen LogP contribution in [0.5, 0.6) is 0 Å². The van der Waals surface area contributed by atoms with Gasteiger partial charge in [0.25, 0.3) is 5.91 Å². The first-order chi connectivity index (χ1) is 7.16. The number of carbonyl (C=O) groups is 1. The summed E-state index contributed by atoms with van der Waals surface area (Å²) in [4.78, 5) is 11.6. The molecule has 0 fully saturated rings. The SMILES string of the molecule is Cc1c(C(=O)NN)n(C)c2ccccc12. The molecule has 0 spiro atoms. The Kier molecular flexibility index (Phi) is 2.21. The summed E-state index contributed by atoms with van der Waals surface area (Å²) < 4.78 is 1.85. The number of hydrogen-bond acceptors (Lipinski definition) is 2. The molecule has 15 heavy (non-hydrogen) atoms. The van der Waals surface area contributed by atoms with Gasteiger partial charge >= 0.3 is 0 Å². The average Bonchev–Trinajstić information content (AvgIpc) is 2.52. The van der Waals surface area contributed by atoms with E-state index in [1.54, 1.807) is 0 Å². The number of rotatable bonds is 1. The fourth-order valence-corrected chi connectivity index (χ4v) is 1.97. The summed E-state index contributed by atoms with van der Waals surface area (Å²) in [5.41, 5.74) is 4.76. The van der Waals surface area contributed by atoms with Crippen LogP contribution in [0.3, 0.4) is 0 Å². The molecule has 2 rings (SSSR count). The highest BCUT2D eigenvalue weighted by Crippen LogP contribution is 2.23. The predicted octanol–water partition coefficient (Wildman–Crippen LogP) is 1.09. The smallest absolute Gasteiger partial charge is 0.282 e. The quantitative estimate of drug-likeness (QED) is 0.414. The van der Waals surface area contributed by atoms with Gasteiger partial charge in [0.1, 0.15) is 5.69 Å². The summed E-state index contributed by atoms with van der Waals surface area (Å²) >= 11 is 0. The highest BCUT2D eigenvalue weighted by molar-refractivity contribution is 6.01. The van der Waals surface area contributed by atoms with Gasteiger partial charge in [-0.15, -0.1) is 0 Å². The second kappa shape index (κ2) is 3.40. The van der Waals surface area contributed by atoms with E-state index in [0.717, 1.165) is 16.5 Å². The highest BCUT2D eigenvalue weighted by atomic mass is 16.2. The van der Waals surface area contributed by atoms with Crippen LogP contribution in [0.25, 0.3) is 10.9 Å². The van der Waals surface area contributed by atoms with Crippen LogP contribution < -0.4 is 11.3 Å². The van der Waals surface area contributed by atoms with Crippen LogP contribution in [0.1, 0.15) is 16.1 Å². The minimum Gasteiger partial charge on any atom is -0.339 e. The minimum absolute atomic E-state index is 0.258. The number of nitrogens with two attached hydrogens (primary N) is 1. The van der Waals surface area contributed by atoms with Crippen LogP contribution in [0, 0.1) is 6.92 Å². The molecule has 0 saturated heterocycles. The van der Waals surface area contributed by atoms with E-state index in [1.807, 2.05) is 42.8 Å². The van der Waals surface area contributed by atoms with Crippen LogP contribution >= 0.6 is 0 Å². The molecule has 0 aliphatic heterocycles. The van der Waals surface area contributed by atoms with Gasteiger partial charge in [-0.05, 0) is 18.6 Å². The summed E-state index contributed by atoms with van der Waals surface area (Å²) in [6, 6.07) is 7.89. The molecule has 0 aliphatic carbocycles. The molecular weight excluding hydrogens is 190 g/mol. The maximum atomic E-state index is 11.6. The Morgan fingerprint density at radius 3 is 2.67 bits per heavy atom. The monoisotopic (exact) mass is 203 g/mol. The van der Waals surface area contributed by atoms with E-state index in [2.05, 4.69) is 5.43 Å². The molecule has 4 nitrogen and oxygen atoms in total. The van der Waals surface area contributed by atoms with Crippen molar-refractivity contribution in [1.82, 2.24) is 9.99 Å². The molecule has 4 heteroatoms. The maximum absolute atomic E-state index is 11.6. The molecule has 1 heterocycles. The van der Waals surface area contributed by atoms with Gasteiger partial charge in [-0.25, -0.2) is 5.84 Å². The number of carbonyl (C=O) groups excluding carboxylic acids is 1. The Morgan fingerprint density at radius 1 is 1.40 bits per heavy atom. The van der Waals surface area contributed by atoms with Gasteiger partial charge in [-0.3, -0.25) is 10.2 Å². The van der Waals surface area contributed by atoms with E-state index in [1.165, 1.54) is 0 Å². The van der Waals surface area contributed by atoms with E-state index >= 15 is 0 Å². The van der Waals surface area contributed by atoms with Crippen molar-refractivity contribution in [3.8, 4) is 0 Å². The second-order valence-corrected chi connectivity index (χ2v) is 3.52. The maximum Gasteiger partial charge on any atom is 0.282 e. The second-order valence-electron chi connectivity index (χ2n) is 3.52. The third-order valence-corrected chi connectivity index (χ3v) is 2.71. The van der Waals surface area contributed by atoms with E-state index in [-0.39, 0.29) is 5.91 Å². The Balaban J connectivity index is 2.81. The predicted molar refractivity (Wildman–Crippen MR) is 59.3 cm³/mol. The fourth-order valence-electron chi connectivity index (χ4n) is 1.97. The van der Waals surface area contributed by atoms with E-state index in [0.29, 0.717) is 5.69 Å². The lowest BCUT2D eigenvalue weighted by Crippen LogP contribution is -2.31. The molecule has 0 saturated carbocycles. The minimum atomic E-state index is -0.258. The number of benzene rings is 1. The summed E-state index contributed by atoms with van der Waals surface area (Å²) in [6.45, 7) is 1.92. The number of nitrogens with zero attached hydrogens (tertiary/aromatic N) is 1. The molecule has 0 bridgehead atoms. The van der Waals surface area contributed by atoms with Crippen LogP contribution in [0.4, 0.5) is 0 Å². The lowest BCUT2D eigenvalue weighted by Gasteiger charge is -2.02. The number of nitrogens with one attached hydrogen (secondary N) is 1.